The summed E-state index contributed by atoms with van der Waals surface area (Å²) < 4.78 is 22.2. The van der Waals surface area contributed by atoms with Crippen LogP contribution in [0.3, 0.4) is 0 Å². The number of epoxide rings is 2. The van der Waals surface area contributed by atoms with E-state index in [2.05, 4.69) is 0 Å². The van der Waals surface area contributed by atoms with Gasteiger partial charge in [-0.15, -0.1) is 0 Å². The van der Waals surface area contributed by atoms with Gasteiger partial charge in [0.1, 0.15) is 0 Å². The Morgan fingerprint density at radius 2 is 1.10 bits per heavy atom. The minimum atomic E-state index is -0.0733. The van der Waals surface area contributed by atoms with Crippen molar-refractivity contribution in [1.29, 1.82) is 0 Å². The second-order valence-corrected chi connectivity index (χ2v) is 9.59. The van der Waals surface area contributed by atoms with Gasteiger partial charge in [-0.25, -0.2) is 0 Å². The summed E-state index contributed by atoms with van der Waals surface area (Å²) in [5, 5.41) is 0. The average molecular weight is 425 g/mol. The molecule has 0 N–H and O–H groups in total. The predicted molar refractivity (Wildman–Crippen MR) is 113 cm³/mol. The first-order valence-corrected chi connectivity index (χ1v) is 12.0. The van der Waals surface area contributed by atoms with Crippen LogP contribution in [0.5, 0.6) is 0 Å². The van der Waals surface area contributed by atoms with Crippen LogP contribution in [0.1, 0.15) is 79.1 Å². The van der Waals surface area contributed by atoms with E-state index >= 15 is 0 Å². The average Bonchev–Trinajstić information content (AvgIpc) is 3.65. The molecule has 1 saturated carbocycles. The molecule has 30 heavy (non-hydrogen) atoms. The second-order valence-electron chi connectivity index (χ2n) is 9.59. The fraction of sp³-hybridized carbons (Fsp3) is 0.917. The summed E-state index contributed by atoms with van der Waals surface area (Å²) in [6, 6.07) is 0. The molecular weight excluding hydrogens is 384 g/mol. The molecule has 3 aliphatic rings. The molecule has 2 heterocycles. The molecule has 0 aromatic heterocycles. The number of hydrogen-bond donors (Lipinski definition) is 0. The molecule has 0 aromatic rings. The number of hydrogen-bond acceptors (Lipinski definition) is 6. The van der Waals surface area contributed by atoms with Crippen LogP contribution < -0.4 is 0 Å². The Morgan fingerprint density at radius 3 is 1.37 bits per heavy atom. The molecule has 0 amide bonds. The summed E-state index contributed by atoms with van der Waals surface area (Å²) in [4.78, 5) is 24.8. The first-order chi connectivity index (χ1) is 14.4. The Labute approximate surface area is 181 Å². The van der Waals surface area contributed by atoms with E-state index in [9.17, 15) is 9.59 Å². The Bertz CT molecular complexity index is 520. The Kier molecular flexibility index (Phi) is 8.58. The van der Waals surface area contributed by atoms with Gasteiger partial charge in [-0.1, -0.05) is 13.8 Å². The van der Waals surface area contributed by atoms with Crippen molar-refractivity contribution in [3.8, 4) is 0 Å². The van der Waals surface area contributed by atoms with E-state index in [0.717, 1.165) is 51.4 Å². The lowest BCUT2D eigenvalue weighted by Crippen LogP contribution is -2.27. The standard InChI is InChI=1S/C24H40O6/c1-5-19(11-21-15(3)29-21)23(25)27-13-17-7-9-18(10-8-17)14-28-24(26)20(6-2)12-22-16(4)30-22/h15-22H,5-14H2,1-4H3. The molecule has 2 aliphatic heterocycles. The van der Waals surface area contributed by atoms with Gasteiger partial charge < -0.3 is 18.9 Å². The van der Waals surface area contributed by atoms with Gasteiger partial charge in [0.05, 0.1) is 49.5 Å². The van der Waals surface area contributed by atoms with Crippen LogP contribution in [0.25, 0.3) is 0 Å². The molecule has 0 bridgehead atoms. The van der Waals surface area contributed by atoms with Crippen molar-refractivity contribution in [1.82, 2.24) is 0 Å². The van der Waals surface area contributed by atoms with E-state index in [1.54, 1.807) is 0 Å². The summed E-state index contributed by atoms with van der Waals surface area (Å²) in [7, 11) is 0. The van der Waals surface area contributed by atoms with E-state index in [1.165, 1.54) is 0 Å². The fourth-order valence-electron chi connectivity index (χ4n) is 4.58. The number of rotatable bonds is 12. The van der Waals surface area contributed by atoms with E-state index < -0.39 is 0 Å². The van der Waals surface area contributed by atoms with Gasteiger partial charge in [0, 0.05) is 0 Å². The van der Waals surface area contributed by atoms with Crippen LogP contribution in [-0.2, 0) is 28.5 Å². The van der Waals surface area contributed by atoms with Gasteiger partial charge in [-0.2, -0.15) is 0 Å². The van der Waals surface area contributed by atoms with E-state index in [0.29, 0.717) is 25.0 Å². The molecular formula is C24H40O6. The van der Waals surface area contributed by atoms with Gasteiger partial charge in [-0.05, 0) is 77.0 Å². The van der Waals surface area contributed by atoms with Crippen LogP contribution in [0.2, 0.25) is 0 Å². The summed E-state index contributed by atoms with van der Waals surface area (Å²) in [6.45, 7) is 9.19. The van der Waals surface area contributed by atoms with Gasteiger partial charge >= 0.3 is 11.9 Å². The fourth-order valence-corrected chi connectivity index (χ4v) is 4.58. The molecule has 3 rings (SSSR count). The minimum Gasteiger partial charge on any atom is -0.465 e. The first-order valence-electron chi connectivity index (χ1n) is 12.0. The van der Waals surface area contributed by atoms with Crippen LogP contribution >= 0.6 is 0 Å². The molecule has 2 saturated heterocycles. The maximum atomic E-state index is 12.4. The molecule has 6 unspecified atom stereocenters. The van der Waals surface area contributed by atoms with Crippen LogP contribution in [0, 0.1) is 23.7 Å². The normalized spacial score (nSPS) is 34.7. The zero-order chi connectivity index (χ0) is 21.7. The summed E-state index contributed by atoms with van der Waals surface area (Å²) >= 11 is 0. The van der Waals surface area contributed by atoms with Crippen molar-refractivity contribution < 1.29 is 28.5 Å². The van der Waals surface area contributed by atoms with Crippen molar-refractivity contribution in [2.75, 3.05) is 13.2 Å². The second kappa shape index (κ2) is 10.9. The van der Waals surface area contributed by atoms with Crippen LogP contribution in [0.4, 0.5) is 0 Å². The first kappa shape index (κ1) is 23.5. The Balaban J connectivity index is 1.28. The Hall–Kier alpha value is -1.14. The van der Waals surface area contributed by atoms with Gasteiger partial charge in [-0.3, -0.25) is 9.59 Å². The van der Waals surface area contributed by atoms with Crippen molar-refractivity contribution in [3.63, 3.8) is 0 Å². The lowest BCUT2D eigenvalue weighted by molar-refractivity contribution is -0.153. The third kappa shape index (κ3) is 6.94. The zero-order valence-electron chi connectivity index (χ0n) is 19.1. The monoisotopic (exact) mass is 424 g/mol. The highest BCUT2D eigenvalue weighted by Crippen LogP contribution is 2.33. The maximum Gasteiger partial charge on any atom is 0.309 e. The Morgan fingerprint density at radius 1 is 0.767 bits per heavy atom. The number of carbonyl (C=O) groups excluding carboxylic acids is 2. The number of ether oxygens (including phenoxy) is 4. The molecule has 6 nitrogen and oxygen atoms in total. The SMILES string of the molecule is CCC(CC1OC1C)C(=O)OCC1CCC(COC(=O)C(CC)CC2OC2C)CC1. The molecule has 6 heteroatoms. The predicted octanol–water partition coefficient (Wildman–Crippen LogP) is 4.29. The van der Waals surface area contributed by atoms with Gasteiger partial charge in [0.25, 0.3) is 0 Å². The maximum absolute atomic E-state index is 12.4. The third-order valence-electron chi connectivity index (χ3n) is 7.25. The van der Waals surface area contributed by atoms with Crippen molar-refractivity contribution >= 4 is 11.9 Å². The number of esters is 2. The third-order valence-corrected chi connectivity index (χ3v) is 7.25. The molecule has 172 valence electrons. The van der Waals surface area contributed by atoms with Crippen molar-refractivity contribution in [2.45, 2.75) is 103 Å². The molecule has 3 fully saturated rings. The largest absolute Gasteiger partial charge is 0.465 e. The lowest BCUT2D eigenvalue weighted by atomic mass is 9.83. The molecule has 0 radical (unpaired) electrons. The minimum absolute atomic E-state index is 0.0498. The van der Waals surface area contributed by atoms with E-state index in [1.807, 2.05) is 27.7 Å². The number of carbonyl (C=O) groups is 2. The summed E-state index contributed by atoms with van der Waals surface area (Å²) in [6.07, 6.45) is 8.30. The smallest absolute Gasteiger partial charge is 0.309 e. The van der Waals surface area contributed by atoms with Crippen LogP contribution in [0.15, 0.2) is 0 Å². The highest BCUT2D eigenvalue weighted by atomic mass is 16.6. The van der Waals surface area contributed by atoms with E-state index in [-0.39, 0.29) is 48.2 Å². The summed E-state index contributed by atoms with van der Waals surface area (Å²) in [5.41, 5.74) is 0. The van der Waals surface area contributed by atoms with Crippen molar-refractivity contribution in [3.05, 3.63) is 0 Å². The van der Waals surface area contributed by atoms with Crippen LogP contribution in [-0.4, -0.2) is 49.6 Å². The molecule has 0 spiro atoms. The summed E-state index contributed by atoms with van der Waals surface area (Å²) in [5.74, 6) is 0.599. The van der Waals surface area contributed by atoms with Gasteiger partial charge in [0.15, 0.2) is 0 Å². The molecule has 0 aromatic carbocycles. The lowest BCUT2D eigenvalue weighted by Gasteiger charge is -2.28. The highest BCUT2D eigenvalue weighted by Gasteiger charge is 2.39. The van der Waals surface area contributed by atoms with Crippen molar-refractivity contribution in [2.24, 2.45) is 23.7 Å². The topological polar surface area (TPSA) is 77.7 Å². The van der Waals surface area contributed by atoms with Gasteiger partial charge in [0.2, 0.25) is 0 Å². The van der Waals surface area contributed by atoms with E-state index in [4.69, 9.17) is 18.9 Å². The molecule has 6 atom stereocenters. The highest BCUT2D eigenvalue weighted by molar-refractivity contribution is 5.72. The zero-order valence-corrected chi connectivity index (χ0v) is 19.1. The molecule has 1 aliphatic carbocycles. The quantitative estimate of drug-likeness (QED) is 0.344.